The zero-order valence-electron chi connectivity index (χ0n) is 7.98. The van der Waals surface area contributed by atoms with E-state index in [2.05, 4.69) is 36.7 Å². The van der Waals surface area contributed by atoms with Crippen molar-refractivity contribution >= 4 is 15.9 Å². The Bertz CT molecular complexity index is 97.7. The molecule has 11 heavy (non-hydrogen) atoms. The van der Waals surface area contributed by atoms with Crippen molar-refractivity contribution in [3.63, 3.8) is 0 Å². The van der Waals surface area contributed by atoms with Crippen LogP contribution >= 0.6 is 15.9 Å². The summed E-state index contributed by atoms with van der Waals surface area (Å²) >= 11 is 3.50. The van der Waals surface area contributed by atoms with Crippen LogP contribution in [-0.4, -0.2) is 18.5 Å². The largest absolute Gasteiger partial charge is 0.381 e. The van der Waals surface area contributed by atoms with Crippen LogP contribution in [0.3, 0.4) is 0 Å². The highest BCUT2D eigenvalue weighted by Gasteiger charge is 2.20. The van der Waals surface area contributed by atoms with Crippen LogP contribution in [0.15, 0.2) is 0 Å². The van der Waals surface area contributed by atoms with Gasteiger partial charge in [-0.1, -0.05) is 36.7 Å². The third-order valence-electron chi connectivity index (χ3n) is 1.93. The lowest BCUT2D eigenvalue weighted by atomic mass is 9.88. The first-order valence-electron chi connectivity index (χ1n) is 4.14. The fraction of sp³-hybridized carbons (Fsp3) is 1.00. The second-order valence-electron chi connectivity index (χ2n) is 3.77. The van der Waals surface area contributed by atoms with Gasteiger partial charge in [0.05, 0.1) is 6.10 Å². The van der Waals surface area contributed by atoms with Gasteiger partial charge in [0, 0.05) is 12.4 Å². The van der Waals surface area contributed by atoms with Crippen molar-refractivity contribution in [2.24, 2.45) is 5.41 Å². The fourth-order valence-corrected chi connectivity index (χ4v) is 1.29. The minimum Gasteiger partial charge on any atom is -0.381 e. The predicted octanol–water partition coefficient (Wildman–Crippen LogP) is 3.22. The number of ether oxygens (including phenoxy) is 1. The highest BCUT2D eigenvalue weighted by molar-refractivity contribution is 9.09. The van der Waals surface area contributed by atoms with E-state index < -0.39 is 0 Å². The van der Waals surface area contributed by atoms with Crippen LogP contribution in [0.2, 0.25) is 0 Å². The number of hydrogen-bond acceptors (Lipinski definition) is 1. The van der Waals surface area contributed by atoms with Crippen molar-refractivity contribution in [3.05, 3.63) is 0 Å². The Kier molecular flexibility index (Phi) is 5.36. The van der Waals surface area contributed by atoms with Gasteiger partial charge in [-0.15, -0.1) is 0 Å². The molecule has 1 unspecified atom stereocenters. The summed E-state index contributed by atoms with van der Waals surface area (Å²) in [6, 6.07) is 0. The minimum atomic E-state index is 0.358. The molecular formula is C9H19BrO. The van der Waals surface area contributed by atoms with Gasteiger partial charge in [0.1, 0.15) is 0 Å². The summed E-state index contributed by atoms with van der Waals surface area (Å²) in [5, 5.41) is 1.04. The van der Waals surface area contributed by atoms with Gasteiger partial charge < -0.3 is 4.74 Å². The molecule has 0 aromatic rings. The van der Waals surface area contributed by atoms with E-state index in [1.165, 1.54) is 0 Å². The van der Waals surface area contributed by atoms with E-state index >= 15 is 0 Å². The Balaban J connectivity index is 3.79. The molecule has 0 amide bonds. The quantitative estimate of drug-likeness (QED) is 0.650. The van der Waals surface area contributed by atoms with Gasteiger partial charge in [-0.25, -0.2) is 0 Å². The highest BCUT2D eigenvalue weighted by Crippen LogP contribution is 2.26. The molecule has 0 bridgehead atoms. The Morgan fingerprint density at radius 2 is 2.00 bits per heavy atom. The summed E-state index contributed by atoms with van der Waals surface area (Å²) in [6.45, 7) is 6.67. The molecule has 0 saturated heterocycles. The molecule has 0 rings (SSSR count). The van der Waals surface area contributed by atoms with Gasteiger partial charge in [-0.2, -0.15) is 0 Å². The fourth-order valence-electron chi connectivity index (χ4n) is 1.07. The zero-order chi connectivity index (χ0) is 8.91. The van der Waals surface area contributed by atoms with Crippen molar-refractivity contribution in [1.82, 2.24) is 0 Å². The monoisotopic (exact) mass is 222 g/mol. The Hall–Kier alpha value is 0.440. The van der Waals surface area contributed by atoms with Crippen molar-refractivity contribution in [2.45, 2.75) is 39.7 Å². The maximum Gasteiger partial charge on any atom is 0.0574 e. The molecule has 1 atom stereocenters. The number of hydrogen-bond donors (Lipinski definition) is 0. The van der Waals surface area contributed by atoms with Crippen LogP contribution in [0, 0.1) is 5.41 Å². The van der Waals surface area contributed by atoms with Gasteiger partial charge >= 0.3 is 0 Å². The SMILES string of the molecule is CCC(CC(C)(C)CBr)OC. The summed E-state index contributed by atoms with van der Waals surface area (Å²) in [6.07, 6.45) is 2.65. The Labute approximate surface area is 78.6 Å². The van der Waals surface area contributed by atoms with Crippen LogP contribution in [-0.2, 0) is 4.74 Å². The van der Waals surface area contributed by atoms with E-state index in [1.807, 2.05) is 0 Å². The molecule has 68 valence electrons. The molecular weight excluding hydrogens is 204 g/mol. The van der Waals surface area contributed by atoms with Gasteiger partial charge in [0.2, 0.25) is 0 Å². The van der Waals surface area contributed by atoms with Crippen molar-refractivity contribution in [1.29, 1.82) is 0 Å². The van der Waals surface area contributed by atoms with Gasteiger partial charge in [-0.3, -0.25) is 0 Å². The smallest absolute Gasteiger partial charge is 0.0574 e. The van der Waals surface area contributed by atoms with Crippen LogP contribution in [0.5, 0.6) is 0 Å². The van der Waals surface area contributed by atoms with Crippen LogP contribution in [0.4, 0.5) is 0 Å². The lowest BCUT2D eigenvalue weighted by Gasteiger charge is -2.26. The third-order valence-corrected chi connectivity index (χ3v) is 3.45. The Morgan fingerprint density at radius 1 is 1.45 bits per heavy atom. The summed E-state index contributed by atoms with van der Waals surface area (Å²) < 4.78 is 5.32. The number of methoxy groups -OCH3 is 1. The van der Waals surface area contributed by atoms with Crippen LogP contribution in [0.25, 0.3) is 0 Å². The van der Waals surface area contributed by atoms with Crippen molar-refractivity contribution < 1.29 is 4.74 Å². The standard InChI is InChI=1S/C9H19BrO/c1-5-8(11-4)6-9(2,3)7-10/h8H,5-7H2,1-4H3. The number of alkyl halides is 1. The minimum absolute atomic E-state index is 0.358. The summed E-state index contributed by atoms with van der Waals surface area (Å²) in [5.41, 5.74) is 0.358. The van der Waals surface area contributed by atoms with Crippen LogP contribution < -0.4 is 0 Å². The molecule has 0 aromatic carbocycles. The second kappa shape index (κ2) is 5.15. The maximum atomic E-state index is 5.32. The molecule has 0 radical (unpaired) electrons. The molecule has 0 fully saturated rings. The predicted molar refractivity (Wildman–Crippen MR) is 53.3 cm³/mol. The molecule has 0 aromatic heterocycles. The first kappa shape index (κ1) is 11.4. The normalized spacial score (nSPS) is 15.0. The van der Waals surface area contributed by atoms with E-state index in [-0.39, 0.29) is 0 Å². The molecule has 1 nitrogen and oxygen atoms in total. The van der Waals surface area contributed by atoms with E-state index in [1.54, 1.807) is 7.11 Å². The second-order valence-corrected chi connectivity index (χ2v) is 4.33. The topological polar surface area (TPSA) is 9.23 Å². The first-order chi connectivity index (χ1) is 5.05. The van der Waals surface area contributed by atoms with E-state index in [9.17, 15) is 0 Å². The molecule has 0 N–H and O–H groups in total. The summed E-state index contributed by atoms with van der Waals surface area (Å²) in [7, 11) is 1.79. The average Bonchev–Trinajstić information content (AvgIpc) is 2.00. The van der Waals surface area contributed by atoms with Gasteiger partial charge in [0.15, 0.2) is 0 Å². The summed E-state index contributed by atoms with van der Waals surface area (Å²) in [5.74, 6) is 0. The lowest BCUT2D eigenvalue weighted by molar-refractivity contribution is 0.0649. The van der Waals surface area contributed by atoms with Crippen LogP contribution in [0.1, 0.15) is 33.6 Å². The highest BCUT2D eigenvalue weighted by atomic mass is 79.9. The maximum absolute atomic E-state index is 5.32. The van der Waals surface area contributed by atoms with E-state index in [4.69, 9.17) is 4.74 Å². The molecule has 0 heterocycles. The summed E-state index contributed by atoms with van der Waals surface area (Å²) in [4.78, 5) is 0. The number of halogens is 1. The number of rotatable bonds is 5. The molecule has 0 aliphatic rings. The third kappa shape index (κ3) is 4.81. The van der Waals surface area contributed by atoms with Gasteiger partial charge in [0.25, 0.3) is 0 Å². The van der Waals surface area contributed by atoms with Gasteiger partial charge in [-0.05, 0) is 18.3 Å². The van der Waals surface area contributed by atoms with Crippen molar-refractivity contribution in [3.8, 4) is 0 Å². The van der Waals surface area contributed by atoms with E-state index in [0.29, 0.717) is 11.5 Å². The molecule has 0 aliphatic heterocycles. The lowest BCUT2D eigenvalue weighted by Crippen LogP contribution is -2.22. The average molecular weight is 223 g/mol. The Morgan fingerprint density at radius 3 is 2.27 bits per heavy atom. The molecule has 0 aliphatic carbocycles. The molecule has 0 saturated carbocycles. The molecule has 2 heteroatoms. The van der Waals surface area contributed by atoms with E-state index in [0.717, 1.165) is 18.2 Å². The van der Waals surface area contributed by atoms with Crippen molar-refractivity contribution in [2.75, 3.05) is 12.4 Å². The first-order valence-corrected chi connectivity index (χ1v) is 5.26. The molecule has 0 spiro atoms. The zero-order valence-corrected chi connectivity index (χ0v) is 9.57.